The van der Waals surface area contributed by atoms with Crippen LogP contribution in [0.25, 0.3) is 0 Å². The second kappa shape index (κ2) is 13.6. The summed E-state index contributed by atoms with van der Waals surface area (Å²) in [5, 5.41) is 23.2. The summed E-state index contributed by atoms with van der Waals surface area (Å²) in [6.07, 6.45) is -0.748. The number of nitrogens with one attached hydrogen (secondary N) is 2. The number of hydrogen-bond acceptors (Lipinski definition) is 6. The average Bonchev–Trinajstić information content (AvgIpc) is 2.83. The fourth-order valence-corrected chi connectivity index (χ4v) is 3.10. The molecular formula is C24H28N2O7. The molecule has 4 N–H and O–H groups in total. The van der Waals surface area contributed by atoms with E-state index in [0.29, 0.717) is 6.42 Å². The highest BCUT2D eigenvalue weighted by Crippen LogP contribution is 2.08. The highest BCUT2D eigenvalue weighted by molar-refractivity contribution is 5.92. The number of carbonyl (C=O) groups excluding carboxylic acids is 3. The summed E-state index contributed by atoms with van der Waals surface area (Å²) < 4.78 is 5.11. The number of amides is 2. The number of aryl methyl sites for hydroxylation is 1. The van der Waals surface area contributed by atoms with Crippen LogP contribution in [0.15, 0.2) is 60.7 Å². The van der Waals surface area contributed by atoms with Gasteiger partial charge in [-0.1, -0.05) is 60.7 Å². The molecule has 0 unspecified atom stereocenters. The molecule has 2 rings (SSSR count). The van der Waals surface area contributed by atoms with Crippen molar-refractivity contribution in [1.29, 1.82) is 0 Å². The van der Waals surface area contributed by atoms with Crippen molar-refractivity contribution in [3.8, 4) is 0 Å². The monoisotopic (exact) mass is 456 g/mol. The average molecular weight is 456 g/mol. The van der Waals surface area contributed by atoms with Crippen LogP contribution in [0.2, 0.25) is 0 Å². The molecule has 0 spiro atoms. The number of aliphatic carboxylic acids is 1. The first-order valence-electron chi connectivity index (χ1n) is 10.6. The number of aliphatic hydroxyl groups excluding tert-OH is 1. The Morgan fingerprint density at radius 2 is 1.42 bits per heavy atom. The number of rotatable bonds is 13. The van der Waals surface area contributed by atoms with Gasteiger partial charge in [0.25, 0.3) is 0 Å². The van der Waals surface area contributed by atoms with Crippen molar-refractivity contribution in [2.24, 2.45) is 0 Å². The molecule has 9 nitrogen and oxygen atoms in total. The summed E-state index contributed by atoms with van der Waals surface area (Å²) in [4.78, 5) is 48.2. The minimum atomic E-state index is -1.23. The van der Waals surface area contributed by atoms with Crippen molar-refractivity contribution in [2.45, 2.75) is 44.4 Å². The van der Waals surface area contributed by atoms with Crippen LogP contribution in [-0.4, -0.2) is 52.7 Å². The van der Waals surface area contributed by atoms with Crippen LogP contribution in [0.5, 0.6) is 0 Å². The Hall–Kier alpha value is -3.72. The van der Waals surface area contributed by atoms with Gasteiger partial charge in [0, 0.05) is 6.42 Å². The minimum Gasteiger partial charge on any atom is -0.481 e. The van der Waals surface area contributed by atoms with E-state index in [9.17, 15) is 24.3 Å². The molecule has 2 atom stereocenters. The molecule has 0 saturated carbocycles. The van der Waals surface area contributed by atoms with Gasteiger partial charge in [-0.2, -0.15) is 0 Å². The van der Waals surface area contributed by atoms with E-state index < -0.39 is 42.4 Å². The number of hydrogen-bond donors (Lipinski definition) is 4. The van der Waals surface area contributed by atoms with Crippen LogP contribution in [0.4, 0.5) is 4.79 Å². The lowest BCUT2D eigenvalue weighted by atomic mass is 10.0. The van der Waals surface area contributed by atoms with Crippen molar-refractivity contribution in [3.63, 3.8) is 0 Å². The van der Waals surface area contributed by atoms with Gasteiger partial charge in [-0.05, 0) is 30.4 Å². The highest BCUT2D eigenvalue weighted by atomic mass is 16.5. The Balaban J connectivity index is 2.00. The predicted octanol–water partition coefficient (Wildman–Crippen LogP) is 1.83. The van der Waals surface area contributed by atoms with Crippen molar-refractivity contribution in [3.05, 3.63) is 71.8 Å². The van der Waals surface area contributed by atoms with E-state index in [2.05, 4.69) is 10.6 Å². The number of ketones is 1. The maximum Gasteiger partial charge on any atom is 0.408 e. The third-order valence-corrected chi connectivity index (χ3v) is 4.89. The molecule has 0 aliphatic rings. The van der Waals surface area contributed by atoms with Crippen molar-refractivity contribution in [2.75, 3.05) is 6.61 Å². The molecule has 0 radical (unpaired) electrons. The van der Waals surface area contributed by atoms with Crippen LogP contribution in [0.1, 0.15) is 30.4 Å². The van der Waals surface area contributed by atoms with E-state index in [1.807, 2.05) is 36.4 Å². The van der Waals surface area contributed by atoms with E-state index in [1.165, 1.54) is 0 Å². The van der Waals surface area contributed by atoms with Crippen LogP contribution in [-0.2, 0) is 32.1 Å². The Morgan fingerprint density at radius 1 is 0.818 bits per heavy atom. The molecule has 0 aliphatic carbocycles. The van der Waals surface area contributed by atoms with Gasteiger partial charge in [0.2, 0.25) is 5.91 Å². The number of carboxylic acid groups (broad SMARTS) is 1. The van der Waals surface area contributed by atoms with Crippen molar-refractivity contribution >= 4 is 23.8 Å². The summed E-state index contributed by atoms with van der Waals surface area (Å²) in [5.74, 6) is -2.45. The van der Waals surface area contributed by atoms with Gasteiger partial charge in [-0.15, -0.1) is 0 Å². The lowest BCUT2D eigenvalue weighted by Crippen LogP contribution is -2.52. The Morgan fingerprint density at radius 3 is 2.00 bits per heavy atom. The summed E-state index contributed by atoms with van der Waals surface area (Å²) >= 11 is 0. The maximum absolute atomic E-state index is 12.8. The second-order valence-corrected chi connectivity index (χ2v) is 7.40. The summed E-state index contributed by atoms with van der Waals surface area (Å²) in [7, 11) is 0. The Bertz CT molecular complexity index is 919. The van der Waals surface area contributed by atoms with E-state index in [4.69, 9.17) is 9.84 Å². The fourth-order valence-electron chi connectivity index (χ4n) is 3.10. The normalized spacial score (nSPS) is 12.3. The number of carbonyl (C=O) groups is 4. The van der Waals surface area contributed by atoms with Gasteiger partial charge >= 0.3 is 12.1 Å². The standard InChI is InChI=1S/C24H28N2O7/c27-15-21(28)19(12-11-17-7-3-1-4-8-17)25-23(31)20(13-14-22(29)30)26-24(32)33-16-18-9-5-2-6-10-18/h1-10,19-20,27H,11-16H2,(H,25,31)(H,26,32)(H,29,30)/t19-,20-/m0/s1. The van der Waals surface area contributed by atoms with Gasteiger partial charge in [0.05, 0.1) is 6.04 Å². The van der Waals surface area contributed by atoms with Crippen molar-refractivity contribution < 1.29 is 34.1 Å². The summed E-state index contributed by atoms with van der Waals surface area (Å²) in [6.45, 7) is -0.783. The zero-order valence-electron chi connectivity index (χ0n) is 18.1. The second-order valence-electron chi connectivity index (χ2n) is 7.40. The fraction of sp³-hybridized carbons (Fsp3) is 0.333. The van der Waals surface area contributed by atoms with E-state index in [0.717, 1.165) is 11.1 Å². The lowest BCUT2D eigenvalue weighted by molar-refractivity contribution is -0.137. The number of Topliss-reactive ketones (excluding diaryl/α,β-unsaturated/α-hetero) is 1. The lowest BCUT2D eigenvalue weighted by Gasteiger charge is -2.22. The number of carboxylic acids is 1. The number of ether oxygens (including phenoxy) is 1. The molecule has 0 saturated heterocycles. The number of alkyl carbamates (subject to hydrolysis) is 1. The molecule has 0 bridgehead atoms. The van der Waals surface area contributed by atoms with Gasteiger partial charge in [-0.25, -0.2) is 4.79 Å². The maximum atomic E-state index is 12.8. The van der Waals surface area contributed by atoms with Crippen LogP contribution in [0, 0.1) is 0 Å². The topological polar surface area (TPSA) is 142 Å². The van der Waals surface area contributed by atoms with Gasteiger partial charge in [-0.3, -0.25) is 14.4 Å². The van der Waals surface area contributed by atoms with Crippen LogP contribution in [0.3, 0.4) is 0 Å². The van der Waals surface area contributed by atoms with Gasteiger partial charge in [0.15, 0.2) is 5.78 Å². The van der Waals surface area contributed by atoms with Crippen LogP contribution >= 0.6 is 0 Å². The van der Waals surface area contributed by atoms with E-state index >= 15 is 0 Å². The third kappa shape index (κ3) is 9.53. The molecule has 33 heavy (non-hydrogen) atoms. The minimum absolute atomic E-state index is 0.0252. The van der Waals surface area contributed by atoms with E-state index in [-0.39, 0.29) is 25.9 Å². The van der Waals surface area contributed by atoms with Gasteiger partial charge in [0.1, 0.15) is 19.3 Å². The molecule has 176 valence electrons. The van der Waals surface area contributed by atoms with Gasteiger partial charge < -0.3 is 25.6 Å². The molecule has 2 aromatic rings. The molecule has 0 aliphatic heterocycles. The third-order valence-electron chi connectivity index (χ3n) is 4.89. The molecular weight excluding hydrogens is 428 g/mol. The highest BCUT2D eigenvalue weighted by Gasteiger charge is 2.27. The SMILES string of the molecule is O=C(O)CC[C@H](NC(=O)OCc1ccccc1)C(=O)N[C@@H](CCc1ccccc1)C(=O)CO. The number of benzene rings is 2. The molecule has 2 aromatic carbocycles. The van der Waals surface area contributed by atoms with E-state index in [1.54, 1.807) is 24.3 Å². The summed E-state index contributed by atoms with van der Waals surface area (Å²) in [5.41, 5.74) is 1.70. The molecule has 0 heterocycles. The zero-order valence-corrected chi connectivity index (χ0v) is 18.1. The molecule has 0 aromatic heterocycles. The first kappa shape index (κ1) is 25.5. The molecule has 0 fully saturated rings. The molecule has 9 heteroatoms. The van der Waals surface area contributed by atoms with Crippen molar-refractivity contribution in [1.82, 2.24) is 10.6 Å². The predicted molar refractivity (Wildman–Crippen MR) is 119 cm³/mol. The first-order chi connectivity index (χ1) is 15.9. The summed E-state index contributed by atoms with van der Waals surface area (Å²) in [6, 6.07) is 16.0. The van der Waals surface area contributed by atoms with Crippen LogP contribution < -0.4 is 10.6 Å². The quantitative estimate of drug-likeness (QED) is 0.360. The number of aliphatic hydroxyl groups is 1. The Labute approximate surface area is 191 Å². The smallest absolute Gasteiger partial charge is 0.408 e. The Kier molecular flexibility index (Phi) is 10.6. The largest absolute Gasteiger partial charge is 0.481 e. The first-order valence-corrected chi connectivity index (χ1v) is 10.6. The zero-order chi connectivity index (χ0) is 24.1. The molecule has 2 amide bonds.